The lowest BCUT2D eigenvalue weighted by atomic mass is 10.1. The van der Waals surface area contributed by atoms with Crippen LogP contribution in [0, 0.1) is 6.92 Å². The van der Waals surface area contributed by atoms with E-state index in [1.807, 2.05) is 19.1 Å². The zero-order valence-corrected chi connectivity index (χ0v) is 16.0. The number of anilines is 3. The maximum atomic E-state index is 12.7. The number of hydrogen-bond acceptors (Lipinski definition) is 5. The van der Waals surface area contributed by atoms with Crippen molar-refractivity contribution in [2.75, 3.05) is 30.4 Å². The van der Waals surface area contributed by atoms with Gasteiger partial charge in [-0.1, -0.05) is 12.1 Å². The summed E-state index contributed by atoms with van der Waals surface area (Å²) in [6.07, 6.45) is -3.69. The maximum absolute atomic E-state index is 12.7. The van der Waals surface area contributed by atoms with Gasteiger partial charge in [-0.3, -0.25) is 0 Å². The summed E-state index contributed by atoms with van der Waals surface area (Å²) in [5.41, 5.74) is 4.10. The number of phenols is 1. The summed E-state index contributed by atoms with van der Waals surface area (Å²) in [6.45, 7) is 1.23. The zero-order valence-electron chi connectivity index (χ0n) is 16.0. The molecule has 1 aliphatic heterocycles. The van der Waals surface area contributed by atoms with Crippen LogP contribution in [0.2, 0.25) is 0 Å². The van der Waals surface area contributed by atoms with Crippen LogP contribution >= 0.6 is 0 Å². The van der Waals surface area contributed by atoms with E-state index in [9.17, 15) is 18.3 Å². The lowest BCUT2D eigenvalue weighted by Gasteiger charge is -2.24. The molecule has 1 aliphatic rings. The topological polar surface area (TPSA) is 57.6 Å². The van der Waals surface area contributed by atoms with Crippen molar-refractivity contribution in [2.45, 2.75) is 19.5 Å². The van der Waals surface area contributed by atoms with Crippen LogP contribution in [-0.4, -0.2) is 36.5 Å². The first-order chi connectivity index (χ1) is 13.8. The van der Waals surface area contributed by atoms with E-state index >= 15 is 0 Å². The molecule has 4 rings (SSSR count). The van der Waals surface area contributed by atoms with Crippen LogP contribution in [0.15, 0.2) is 36.4 Å². The number of halogens is 3. The molecule has 0 saturated heterocycles. The van der Waals surface area contributed by atoms with Crippen molar-refractivity contribution in [1.29, 1.82) is 0 Å². The third-order valence-corrected chi connectivity index (χ3v) is 5.00. The normalized spacial score (nSPS) is 13.6. The van der Waals surface area contributed by atoms with Crippen molar-refractivity contribution >= 4 is 28.1 Å². The Morgan fingerprint density at radius 1 is 1.24 bits per heavy atom. The molecule has 8 heteroatoms. The van der Waals surface area contributed by atoms with Gasteiger partial charge in [-0.25, -0.2) is 4.98 Å². The minimum absolute atomic E-state index is 0.0911. The predicted molar refractivity (Wildman–Crippen MR) is 106 cm³/mol. The highest BCUT2D eigenvalue weighted by Crippen LogP contribution is 2.45. The van der Waals surface area contributed by atoms with Crippen molar-refractivity contribution in [1.82, 2.24) is 4.98 Å². The molecule has 0 amide bonds. The van der Waals surface area contributed by atoms with E-state index in [-0.39, 0.29) is 11.5 Å². The number of phenolic OH excluding ortho intramolecular Hbond substituents is 1. The lowest BCUT2D eigenvalue weighted by molar-refractivity contribution is -0.153. The number of aromatic hydroxyl groups is 1. The summed E-state index contributed by atoms with van der Waals surface area (Å²) < 4.78 is 43.1. The van der Waals surface area contributed by atoms with Crippen LogP contribution in [0.1, 0.15) is 11.1 Å². The Balaban J connectivity index is 1.89. The van der Waals surface area contributed by atoms with Gasteiger partial charge in [0, 0.05) is 30.2 Å². The van der Waals surface area contributed by atoms with Crippen molar-refractivity contribution in [3.63, 3.8) is 0 Å². The van der Waals surface area contributed by atoms with Gasteiger partial charge < -0.3 is 20.1 Å². The Morgan fingerprint density at radius 2 is 2.03 bits per heavy atom. The predicted octanol–water partition coefficient (Wildman–Crippen LogP) is 4.93. The van der Waals surface area contributed by atoms with E-state index in [4.69, 9.17) is 4.74 Å². The molecule has 0 radical (unpaired) electrons. The number of para-hydroxylation sites is 1. The molecular weight excluding hydrogens is 383 g/mol. The third kappa shape index (κ3) is 3.50. The molecule has 2 aromatic carbocycles. The van der Waals surface area contributed by atoms with Gasteiger partial charge in [0.25, 0.3) is 0 Å². The van der Waals surface area contributed by atoms with Crippen molar-refractivity contribution in [2.24, 2.45) is 0 Å². The minimum Gasteiger partial charge on any atom is -0.508 e. The quantitative estimate of drug-likeness (QED) is 0.647. The number of rotatable bonds is 4. The number of fused-ring (bicyclic) bond motifs is 3. The Hall–Kier alpha value is -3.16. The van der Waals surface area contributed by atoms with Crippen LogP contribution in [0.5, 0.6) is 11.5 Å². The number of pyridine rings is 1. The van der Waals surface area contributed by atoms with Gasteiger partial charge in [0.15, 0.2) is 6.61 Å². The number of hydrogen-bond donors (Lipinski definition) is 2. The Labute approximate surface area is 165 Å². The maximum Gasteiger partial charge on any atom is 0.422 e. The molecule has 3 aromatic rings. The number of alkyl halides is 3. The van der Waals surface area contributed by atoms with Crippen LogP contribution in [0.25, 0.3) is 10.9 Å². The average Bonchev–Trinajstić information content (AvgIpc) is 3.10. The summed E-state index contributed by atoms with van der Waals surface area (Å²) in [7, 11) is 1.74. The van der Waals surface area contributed by atoms with Crippen LogP contribution < -0.4 is 15.0 Å². The molecule has 152 valence electrons. The van der Waals surface area contributed by atoms with E-state index in [1.165, 1.54) is 6.07 Å². The lowest BCUT2D eigenvalue weighted by Crippen LogP contribution is -2.19. The fourth-order valence-corrected chi connectivity index (χ4v) is 3.83. The fraction of sp³-hybridized carbons (Fsp3) is 0.286. The zero-order chi connectivity index (χ0) is 20.8. The van der Waals surface area contributed by atoms with Crippen molar-refractivity contribution in [3.8, 4) is 11.5 Å². The number of ether oxygens (including phenoxy) is 1. The van der Waals surface area contributed by atoms with Crippen molar-refractivity contribution < 1.29 is 23.0 Å². The highest BCUT2D eigenvalue weighted by atomic mass is 19.4. The SMILES string of the molecule is CNc1nc2c(OCC(F)(F)F)cccc2c2c1CCN2c1ccc(O)cc1C. The summed E-state index contributed by atoms with van der Waals surface area (Å²) >= 11 is 0. The summed E-state index contributed by atoms with van der Waals surface area (Å²) in [4.78, 5) is 6.67. The standard InChI is InChI=1S/C21H20F3N3O2/c1-12-10-13(28)6-7-16(12)27-9-8-15-19(27)14-4-3-5-17(29-11-21(22,23)24)18(14)26-20(15)25-2/h3-7,10,28H,8-9,11H2,1-2H3,(H,25,26). The molecule has 0 bridgehead atoms. The number of aromatic nitrogens is 1. The van der Waals surface area contributed by atoms with E-state index in [0.29, 0.717) is 17.9 Å². The molecule has 0 saturated carbocycles. The van der Waals surface area contributed by atoms with Gasteiger partial charge >= 0.3 is 6.18 Å². The highest BCUT2D eigenvalue weighted by Gasteiger charge is 2.31. The highest BCUT2D eigenvalue weighted by molar-refractivity contribution is 6.02. The average molecular weight is 403 g/mol. The molecule has 0 spiro atoms. The van der Waals surface area contributed by atoms with Gasteiger partial charge in [0.2, 0.25) is 0 Å². The molecule has 2 N–H and O–H groups in total. The second-order valence-corrected chi connectivity index (χ2v) is 6.97. The Kier molecular flexibility index (Phi) is 4.64. The second-order valence-electron chi connectivity index (χ2n) is 6.97. The summed E-state index contributed by atoms with van der Waals surface area (Å²) in [5, 5.41) is 13.5. The number of nitrogens with zero attached hydrogens (tertiary/aromatic N) is 2. The molecule has 0 aliphatic carbocycles. The van der Waals surface area contributed by atoms with Crippen LogP contribution in [0.3, 0.4) is 0 Å². The van der Waals surface area contributed by atoms with Gasteiger partial charge in [0.05, 0.1) is 5.69 Å². The minimum atomic E-state index is -4.43. The molecule has 0 fully saturated rings. The first-order valence-electron chi connectivity index (χ1n) is 9.18. The van der Waals surface area contributed by atoms with E-state index in [1.54, 1.807) is 25.2 Å². The molecule has 1 aromatic heterocycles. The monoisotopic (exact) mass is 403 g/mol. The number of nitrogens with one attached hydrogen (secondary N) is 1. The van der Waals surface area contributed by atoms with Gasteiger partial charge in [0.1, 0.15) is 22.8 Å². The number of aryl methyl sites for hydroxylation is 1. The van der Waals surface area contributed by atoms with Gasteiger partial charge in [-0.2, -0.15) is 13.2 Å². The van der Waals surface area contributed by atoms with Gasteiger partial charge in [-0.15, -0.1) is 0 Å². The second kappa shape index (κ2) is 7.02. The van der Waals surface area contributed by atoms with E-state index in [0.717, 1.165) is 34.3 Å². The molecule has 0 unspecified atom stereocenters. The first-order valence-corrected chi connectivity index (χ1v) is 9.18. The number of benzene rings is 2. The molecular formula is C21H20F3N3O2. The fourth-order valence-electron chi connectivity index (χ4n) is 3.83. The summed E-state index contributed by atoms with van der Waals surface area (Å²) in [6, 6.07) is 10.2. The Bertz CT molecular complexity index is 1080. The van der Waals surface area contributed by atoms with Crippen molar-refractivity contribution in [3.05, 3.63) is 47.5 Å². The summed E-state index contributed by atoms with van der Waals surface area (Å²) in [5.74, 6) is 0.895. The molecule has 0 atom stereocenters. The largest absolute Gasteiger partial charge is 0.508 e. The first kappa shape index (κ1) is 19.2. The van der Waals surface area contributed by atoms with Gasteiger partial charge in [-0.05, 0) is 43.2 Å². The molecule has 29 heavy (non-hydrogen) atoms. The molecule has 2 heterocycles. The van der Waals surface area contributed by atoms with Crippen LogP contribution in [-0.2, 0) is 6.42 Å². The van der Waals surface area contributed by atoms with E-state index in [2.05, 4.69) is 15.2 Å². The smallest absolute Gasteiger partial charge is 0.422 e. The Morgan fingerprint density at radius 3 is 2.72 bits per heavy atom. The van der Waals surface area contributed by atoms with E-state index < -0.39 is 12.8 Å². The third-order valence-electron chi connectivity index (χ3n) is 5.00. The molecule has 5 nitrogen and oxygen atoms in total. The van der Waals surface area contributed by atoms with Crippen LogP contribution in [0.4, 0.5) is 30.4 Å².